The molecule has 0 spiro atoms. The molecule has 0 atom stereocenters. The summed E-state index contributed by atoms with van der Waals surface area (Å²) in [5, 5.41) is 17.9. The molecule has 9 heteroatoms. The zero-order valence-electron chi connectivity index (χ0n) is 17.8. The predicted octanol–water partition coefficient (Wildman–Crippen LogP) is 3.01. The number of nitro groups is 1. The van der Waals surface area contributed by atoms with E-state index in [1.165, 1.54) is 6.07 Å². The average Bonchev–Trinajstić information content (AvgIpc) is 2.83. The number of nitrogens with zero attached hydrogens (tertiary/aromatic N) is 4. The van der Waals surface area contributed by atoms with Gasteiger partial charge in [0.2, 0.25) is 5.95 Å². The Kier molecular flexibility index (Phi) is 6.88. The third-order valence-corrected chi connectivity index (χ3v) is 5.52. The van der Waals surface area contributed by atoms with Crippen LogP contribution in [0.5, 0.6) is 0 Å². The summed E-state index contributed by atoms with van der Waals surface area (Å²) >= 11 is 0. The topological polar surface area (TPSA) is 122 Å². The fourth-order valence-electron chi connectivity index (χ4n) is 3.85. The van der Waals surface area contributed by atoms with E-state index in [0.29, 0.717) is 5.82 Å². The molecule has 1 fully saturated rings. The highest BCUT2D eigenvalue weighted by Crippen LogP contribution is 2.31. The standard InChI is InChI=1S/C23H27N7O2/c24-23-27-16-21(22(28-23)26-8-3-11-29-12-9-25-10-13-29)19-6-1-4-17(14-19)18-5-2-7-20(15-18)30(31)32/h1-2,4-7,14-16,25H,3,8-13H2,(H3,24,26,27,28). The zero-order valence-corrected chi connectivity index (χ0v) is 17.8. The number of nitrogen functional groups attached to an aromatic ring is 1. The summed E-state index contributed by atoms with van der Waals surface area (Å²) in [6.07, 6.45) is 2.71. The number of anilines is 2. The van der Waals surface area contributed by atoms with E-state index in [4.69, 9.17) is 5.73 Å². The minimum absolute atomic E-state index is 0.0653. The summed E-state index contributed by atoms with van der Waals surface area (Å²) in [4.78, 5) is 21.8. The first-order valence-electron chi connectivity index (χ1n) is 10.7. The highest BCUT2D eigenvalue weighted by molar-refractivity contribution is 5.79. The van der Waals surface area contributed by atoms with Crippen LogP contribution in [-0.2, 0) is 0 Å². The summed E-state index contributed by atoms with van der Waals surface area (Å²) in [6.45, 7) is 6.05. The Bertz CT molecular complexity index is 1080. The number of nitrogens with two attached hydrogens (primary N) is 1. The number of benzene rings is 2. The van der Waals surface area contributed by atoms with Gasteiger partial charge in [0.25, 0.3) is 5.69 Å². The molecule has 0 unspecified atom stereocenters. The number of aromatic nitrogens is 2. The second kappa shape index (κ2) is 10.2. The molecule has 1 saturated heterocycles. The van der Waals surface area contributed by atoms with Gasteiger partial charge in [-0.25, -0.2) is 4.98 Å². The van der Waals surface area contributed by atoms with Gasteiger partial charge in [-0.15, -0.1) is 0 Å². The Balaban J connectivity index is 1.51. The quantitative estimate of drug-likeness (QED) is 0.281. The number of non-ortho nitro benzene ring substituents is 1. The molecule has 4 N–H and O–H groups in total. The van der Waals surface area contributed by atoms with Crippen LogP contribution in [0.25, 0.3) is 22.3 Å². The molecule has 4 rings (SSSR count). The number of hydrogen-bond acceptors (Lipinski definition) is 8. The van der Waals surface area contributed by atoms with Crippen molar-refractivity contribution in [3.8, 4) is 22.3 Å². The molecule has 3 aromatic rings. The van der Waals surface area contributed by atoms with Crippen LogP contribution in [-0.4, -0.2) is 59.1 Å². The van der Waals surface area contributed by atoms with Crippen molar-refractivity contribution in [3.63, 3.8) is 0 Å². The third-order valence-electron chi connectivity index (χ3n) is 5.52. The summed E-state index contributed by atoms with van der Waals surface area (Å²) in [5.74, 6) is 0.905. The normalized spacial score (nSPS) is 14.2. The maximum atomic E-state index is 11.1. The molecule has 2 heterocycles. The van der Waals surface area contributed by atoms with Crippen LogP contribution >= 0.6 is 0 Å². The van der Waals surface area contributed by atoms with Gasteiger partial charge in [-0.3, -0.25) is 10.1 Å². The van der Waals surface area contributed by atoms with Gasteiger partial charge in [0.05, 0.1) is 4.92 Å². The van der Waals surface area contributed by atoms with Gasteiger partial charge in [0.1, 0.15) is 5.82 Å². The summed E-state index contributed by atoms with van der Waals surface area (Å²) < 4.78 is 0. The third kappa shape index (κ3) is 5.37. The smallest absolute Gasteiger partial charge is 0.270 e. The monoisotopic (exact) mass is 433 g/mol. The van der Waals surface area contributed by atoms with Crippen LogP contribution in [0.2, 0.25) is 0 Å². The summed E-state index contributed by atoms with van der Waals surface area (Å²) in [5.41, 5.74) is 9.34. The Morgan fingerprint density at radius 3 is 2.59 bits per heavy atom. The lowest BCUT2D eigenvalue weighted by Crippen LogP contribution is -2.44. The minimum atomic E-state index is -0.385. The van der Waals surface area contributed by atoms with Gasteiger partial charge in [0.15, 0.2) is 0 Å². The molecule has 1 aliphatic heterocycles. The maximum absolute atomic E-state index is 11.1. The van der Waals surface area contributed by atoms with Crippen molar-refractivity contribution in [2.24, 2.45) is 0 Å². The molecule has 0 saturated carbocycles. The van der Waals surface area contributed by atoms with Crippen molar-refractivity contribution in [1.82, 2.24) is 20.2 Å². The molecule has 0 amide bonds. The van der Waals surface area contributed by atoms with Crippen molar-refractivity contribution < 1.29 is 4.92 Å². The zero-order chi connectivity index (χ0) is 22.3. The van der Waals surface area contributed by atoms with Crippen LogP contribution in [0.1, 0.15) is 6.42 Å². The van der Waals surface area contributed by atoms with Crippen molar-refractivity contribution in [2.75, 3.05) is 50.3 Å². The van der Waals surface area contributed by atoms with E-state index in [-0.39, 0.29) is 16.6 Å². The van der Waals surface area contributed by atoms with Gasteiger partial charge in [-0.05, 0) is 35.7 Å². The first-order valence-corrected chi connectivity index (χ1v) is 10.7. The fraction of sp³-hybridized carbons (Fsp3) is 0.304. The minimum Gasteiger partial charge on any atom is -0.369 e. The van der Waals surface area contributed by atoms with Crippen LogP contribution in [0.15, 0.2) is 54.7 Å². The first-order chi connectivity index (χ1) is 15.6. The van der Waals surface area contributed by atoms with E-state index in [2.05, 4.69) is 25.5 Å². The van der Waals surface area contributed by atoms with Crippen molar-refractivity contribution >= 4 is 17.5 Å². The van der Waals surface area contributed by atoms with E-state index < -0.39 is 0 Å². The predicted molar refractivity (Wildman–Crippen MR) is 126 cm³/mol. The molecule has 32 heavy (non-hydrogen) atoms. The molecule has 9 nitrogen and oxygen atoms in total. The van der Waals surface area contributed by atoms with Crippen LogP contribution in [0.4, 0.5) is 17.5 Å². The van der Waals surface area contributed by atoms with E-state index >= 15 is 0 Å². The Hall–Kier alpha value is -3.56. The molecule has 0 aliphatic carbocycles. The van der Waals surface area contributed by atoms with Gasteiger partial charge in [-0.2, -0.15) is 4.98 Å². The van der Waals surface area contributed by atoms with Crippen molar-refractivity contribution in [1.29, 1.82) is 0 Å². The van der Waals surface area contributed by atoms with E-state index in [0.717, 1.165) is 67.9 Å². The molecule has 166 valence electrons. The van der Waals surface area contributed by atoms with Crippen molar-refractivity contribution in [2.45, 2.75) is 6.42 Å². The lowest BCUT2D eigenvalue weighted by atomic mass is 9.99. The molecule has 2 aromatic carbocycles. The number of rotatable bonds is 8. The Morgan fingerprint density at radius 2 is 1.81 bits per heavy atom. The average molecular weight is 434 g/mol. The SMILES string of the molecule is Nc1ncc(-c2cccc(-c3cccc([N+](=O)[O-])c3)c2)c(NCCCN2CCNCC2)n1. The van der Waals surface area contributed by atoms with Gasteiger partial charge in [-0.1, -0.05) is 30.3 Å². The van der Waals surface area contributed by atoms with E-state index in [1.807, 2.05) is 30.3 Å². The summed E-state index contributed by atoms with van der Waals surface area (Å²) in [6, 6.07) is 14.4. The number of hydrogen-bond donors (Lipinski definition) is 3. The molecule has 1 aromatic heterocycles. The van der Waals surface area contributed by atoms with E-state index in [1.54, 1.807) is 18.3 Å². The highest BCUT2D eigenvalue weighted by Gasteiger charge is 2.12. The first kappa shape index (κ1) is 21.7. The number of nitro benzene ring substituents is 1. The largest absolute Gasteiger partial charge is 0.369 e. The van der Waals surface area contributed by atoms with Crippen molar-refractivity contribution in [3.05, 3.63) is 64.8 Å². The lowest BCUT2D eigenvalue weighted by molar-refractivity contribution is -0.384. The van der Waals surface area contributed by atoms with Gasteiger partial charge < -0.3 is 21.3 Å². The van der Waals surface area contributed by atoms with Crippen LogP contribution < -0.4 is 16.4 Å². The van der Waals surface area contributed by atoms with E-state index in [9.17, 15) is 10.1 Å². The number of nitrogens with one attached hydrogen (secondary N) is 2. The van der Waals surface area contributed by atoms with Gasteiger partial charge >= 0.3 is 0 Å². The second-order valence-electron chi connectivity index (χ2n) is 7.75. The molecule has 1 aliphatic rings. The summed E-state index contributed by atoms with van der Waals surface area (Å²) in [7, 11) is 0. The number of piperazine rings is 1. The molecule has 0 radical (unpaired) electrons. The fourth-order valence-corrected chi connectivity index (χ4v) is 3.85. The van der Waals surface area contributed by atoms with Crippen LogP contribution in [0, 0.1) is 10.1 Å². The maximum Gasteiger partial charge on any atom is 0.270 e. The van der Waals surface area contributed by atoms with Crippen LogP contribution in [0.3, 0.4) is 0 Å². The molecule has 0 bridgehead atoms. The highest BCUT2D eigenvalue weighted by atomic mass is 16.6. The molecular weight excluding hydrogens is 406 g/mol. The Morgan fingerprint density at radius 1 is 1.09 bits per heavy atom. The second-order valence-corrected chi connectivity index (χ2v) is 7.75. The molecular formula is C23H27N7O2. The van der Waals surface area contributed by atoms with Gasteiger partial charge in [0, 0.05) is 56.6 Å². The Labute approximate surface area is 186 Å². The lowest BCUT2D eigenvalue weighted by Gasteiger charge is -2.27.